The van der Waals surface area contributed by atoms with Crippen molar-refractivity contribution in [3.8, 4) is 0 Å². The Kier molecular flexibility index (Phi) is 10.4. The SMILES string of the molecule is FC(OC(F)=C(F)C(F)(F)C(F)(F)C(F)(OC(F)(F)F)C(F)(F)F)=C(F)C(F)(F)C(F)(F)C(F)(OC(F)(F)F)C(F)(F)F. The lowest BCUT2D eigenvalue weighted by Gasteiger charge is -2.37. The fourth-order valence-electron chi connectivity index (χ4n) is 2.01. The van der Waals surface area contributed by atoms with Crippen LogP contribution in [0.5, 0.6) is 0 Å². The van der Waals surface area contributed by atoms with Crippen LogP contribution in [0.25, 0.3) is 0 Å². The van der Waals surface area contributed by atoms with E-state index in [2.05, 4.69) is 0 Å². The van der Waals surface area contributed by atoms with Crippen LogP contribution in [0.3, 0.4) is 0 Å². The summed E-state index contributed by atoms with van der Waals surface area (Å²) >= 11 is 0. The van der Waals surface area contributed by atoms with Crippen LogP contribution in [0.4, 0.5) is 114 Å². The molecule has 3 nitrogen and oxygen atoms in total. The highest BCUT2D eigenvalue weighted by Gasteiger charge is 2.86. The molecule has 0 bridgehead atoms. The molecule has 2 unspecified atom stereocenters. The van der Waals surface area contributed by atoms with Crippen molar-refractivity contribution in [2.75, 3.05) is 0 Å². The van der Waals surface area contributed by atoms with Crippen LogP contribution in [0, 0.1) is 0 Å². The van der Waals surface area contributed by atoms with E-state index in [-0.39, 0.29) is 0 Å². The standard InChI is InChI=1S/C14F26O3/c15-1(5(19,20)7(23,24)9(27,11(29,30)31)42-13(35,36)37)3(17)41-4(18)2(16)6(21,22)8(25,26)10(28,12(32,33)34)43-14(38,39)40. The van der Waals surface area contributed by atoms with E-state index >= 15 is 0 Å². The summed E-state index contributed by atoms with van der Waals surface area (Å²) in [5, 5.41) is 0. The Balaban J connectivity index is 7.03. The van der Waals surface area contributed by atoms with Gasteiger partial charge in [0.1, 0.15) is 0 Å². The molecule has 2 atom stereocenters. The maximum absolute atomic E-state index is 13.5. The van der Waals surface area contributed by atoms with Crippen molar-refractivity contribution >= 4 is 0 Å². The lowest BCUT2D eigenvalue weighted by molar-refractivity contribution is -0.501. The van der Waals surface area contributed by atoms with Crippen molar-refractivity contribution in [2.24, 2.45) is 0 Å². The number of halogens is 26. The predicted molar refractivity (Wildman–Crippen MR) is 73.4 cm³/mol. The summed E-state index contributed by atoms with van der Waals surface area (Å²) in [6.07, 6.45) is -30.7. The Morgan fingerprint density at radius 2 is 0.558 bits per heavy atom. The largest absolute Gasteiger partial charge is 0.525 e. The zero-order chi connectivity index (χ0) is 35.4. The Morgan fingerprint density at radius 1 is 0.349 bits per heavy atom. The minimum atomic E-state index is -8.45. The maximum Gasteiger partial charge on any atom is 0.525 e. The zero-order valence-corrected chi connectivity index (χ0v) is 18.1. The molecule has 29 heteroatoms. The summed E-state index contributed by atoms with van der Waals surface area (Å²) in [4.78, 5) is 0. The van der Waals surface area contributed by atoms with Gasteiger partial charge >= 0.3 is 72.5 Å². The third-order valence-electron chi connectivity index (χ3n) is 3.91. The summed E-state index contributed by atoms with van der Waals surface area (Å²) in [5.41, 5.74) is 0. The van der Waals surface area contributed by atoms with Gasteiger partial charge in [-0.15, -0.1) is 26.3 Å². The summed E-state index contributed by atoms with van der Waals surface area (Å²) in [7, 11) is 0. The first-order valence-corrected chi connectivity index (χ1v) is 8.64. The number of alkyl halides is 22. The van der Waals surface area contributed by atoms with Gasteiger partial charge in [-0.3, -0.25) is 0 Å². The van der Waals surface area contributed by atoms with Crippen LogP contribution >= 0.6 is 0 Å². The van der Waals surface area contributed by atoms with Gasteiger partial charge in [0, 0.05) is 0 Å². The molecule has 0 aromatic carbocycles. The van der Waals surface area contributed by atoms with Crippen molar-refractivity contribution in [1.82, 2.24) is 0 Å². The van der Waals surface area contributed by atoms with Crippen molar-refractivity contribution in [2.45, 2.75) is 60.5 Å². The van der Waals surface area contributed by atoms with Crippen LogP contribution in [-0.4, -0.2) is 60.5 Å². The number of allylic oxidation sites excluding steroid dienone is 2. The zero-order valence-electron chi connectivity index (χ0n) is 18.1. The molecule has 0 aromatic heterocycles. The fourth-order valence-corrected chi connectivity index (χ4v) is 2.01. The second kappa shape index (κ2) is 11.1. The van der Waals surface area contributed by atoms with Crippen molar-refractivity contribution < 1.29 is 128 Å². The van der Waals surface area contributed by atoms with Crippen molar-refractivity contribution in [1.29, 1.82) is 0 Å². The summed E-state index contributed by atoms with van der Waals surface area (Å²) in [6.45, 7) is 0. The number of hydrogen-bond acceptors (Lipinski definition) is 3. The maximum atomic E-state index is 13.5. The topological polar surface area (TPSA) is 27.7 Å². The first-order valence-electron chi connectivity index (χ1n) is 8.64. The highest BCUT2D eigenvalue weighted by molar-refractivity contribution is 5.20. The molecule has 0 aliphatic heterocycles. The van der Waals surface area contributed by atoms with E-state index in [1.807, 2.05) is 4.74 Å². The van der Waals surface area contributed by atoms with Gasteiger partial charge in [0.05, 0.1) is 0 Å². The lowest BCUT2D eigenvalue weighted by atomic mass is 10.0. The molecule has 0 fully saturated rings. The molecule has 0 aliphatic carbocycles. The van der Waals surface area contributed by atoms with Crippen molar-refractivity contribution in [3.63, 3.8) is 0 Å². The van der Waals surface area contributed by atoms with E-state index < -0.39 is 84.2 Å². The van der Waals surface area contributed by atoms with E-state index in [9.17, 15) is 114 Å². The van der Waals surface area contributed by atoms with E-state index in [0.29, 0.717) is 0 Å². The second-order valence-corrected chi connectivity index (χ2v) is 6.86. The molecular formula is C14F26O3. The molecule has 0 amide bonds. The van der Waals surface area contributed by atoms with E-state index in [4.69, 9.17) is 0 Å². The van der Waals surface area contributed by atoms with Crippen molar-refractivity contribution in [3.05, 3.63) is 23.7 Å². The third-order valence-corrected chi connectivity index (χ3v) is 3.91. The molecule has 0 N–H and O–H groups in total. The minimum absolute atomic E-state index is 1.15. The Labute approximate surface area is 214 Å². The Morgan fingerprint density at radius 3 is 0.721 bits per heavy atom. The van der Waals surface area contributed by atoms with Crippen LogP contribution < -0.4 is 0 Å². The summed E-state index contributed by atoms with van der Waals surface area (Å²) in [6, 6.07) is -9.89. The van der Waals surface area contributed by atoms with Gasteiger partial charge in [-0.25, -0.2) is 9.47 Å². The highest BCUT2D eigenvalue weighted by Crippen LogP contribution is 2.59. The van der Waals surface area contributed by atoms with Gasteiger partial charge in [0.25, 0.3) is 0 Å². The lowest BCUT2D eigenvalue weighted by Crippen LogP contribution is -2.66. The second-order valence-electron chi connectivity index (χ2n) is 6.86. The highest BCUT2D eigenvalue weighted by atomic mass is 19.4. The van der Waals surface area contributed by atoms with Crippen LogP contribution in [-0.2, 0) is 14.2 Å². The minimum Gasteiger partial charge on any atom is -0.400 e. The first kappa shape index (κ1) is 40.4. The average molecular weight is 710 g/mol. The average Bonchev–Trinajstić information content (AvgIpc) is 2.73. The molecule has 256 valence electrons. The molecule has 0 aliphatic rings. The summed E-state index contributed by atoms with van der Waals surface area (Å²) < 4.78 is 339. The predicted octanol–water partition coefficient (Wildman–Crippen LogP) is 9.29. The Hall–Kier alpha value is -2.62. The number of ether oxygens (including phenoxy) is 3. The van der Waals surface area contributed by atoms with Crippen LogP contribution in [0.15, 0.2) is 23.7 Å². The summed E-state index contributed by atoms with van der Waals surface area (Å²) in [5.74, 6) is -60.2. The monoisotopic (exact) mass is 710 g/mol. The van der Waals surface area contributed by atoms with Gasteiger partial charge in [-0.1, -0.05) is 0 Å². The van der Waals surface area contributed by atoms with E-state index in [0.717, 1.165) is 9.47 Å². The van der Waals surface area contributed by atoms with Gasteiger partial charge in [-0.05, 0) is 0 Å². The molecule has 0 saturated carbocycles. The van der Waals surface area contributed by atoms with Crippen LogP contribution in [0.1, 0.15) is 0 Å². The van der Waals surface area contributed by atoms with Gasteiger partial charge in [0.2, 0.25) is 11.7 Å². The van der Waals surface area contributed by atoms with Gasteiger partial charge in [-0.2, -0.15) is 87.8 Å². The molecule has 0 radical (unpaired) electrons. The van der Waals surface area contributed by atoms with E-state index in [1.54, 1.807) is 0 Å². The molecular weight excluding hydrogens is 710 g/mol. The molecule has 0 rings (SSSR count). The van der Waals surface area contributed by atoms with Gasteiger partial charge in [0.15, 0.2) is 0 Å². The first-order chi connectivity index (χ1) is 18.3. The van der Waals surface area contributed by atoms with E-state index in [1.165, 1.54) is 0 Å². The van der Waals surface area contributed by atoms with Crippen LogP contribution in [0.2, 0.25) is 0 Å². The molecule has 0 heterocycles. The molecule has 0 aromatic rings. The smallest absolute Gasteiger partial charge is 0.400 e. The molecule has 43 heavy (non-hydrogen) atoms. The number of hydrogen-bond donors (Lipinski definition) is 0. The Bertz CT molecular complexity index is 989. The van der Waals surface area contributed by atoms with Gasteiger partial charge < -0.3 is 4.74 Å². The molecule has 0 spiro atoms. The normalized spacial score (nSPS) is 19.3. The quantitative estimate of drug-likeness (QED) is 0.167. The molecule has 0 saturated heterocycles. The third kappa shape index (κ3) is 7.21. The number of rotatable bonds is 10. The fraction of sp³-hybridized carbons (Fsp3) is 0.714.